The minimum atomic E-state index is 0.450. The van der Waals surface area contributed by atoms with E-state index in [0.29, 0.717) is 17.2 Å². The molecule has 18 heavy (non-hydrogen) atoms. The minimum absolute atomic E-state index is 0.450. The van der Waals surface area contributed by atoms with Crippen molar-refractivity contribution in [3.05, 3.63) is 11.5 Å². The number of anilines is 1. The van der Waals surface area contributed by atoms with E-state index in [-0.39, 0.29) is 0 Å². The number of nitrogens with zero attached hydrogens (tertiary/aromatic N) is 5. The molecule has 3 rings (SSSR count). The summed E-state index contributed by atoms with van der Waals surface area (Å²) < 4.78 is 0. The molecule has 0 bridgehead atoms. The number of aromatic amines is 1. The summed E-state index contributed by atoms with van der Waals surface area (Å²) in [7, 11) is 0. The fourth-order valence-electron chi connectivity index (χ4n) is 2.43. The van der Waals surface area contributed by atoms with Crippen LogP contribution in [0.15, 0.2) is 0 Å². The van der Waals surface area contributed by atoms with Crippen LogP contribution in [0.3, 0.4) is 0 Å². The van der Waals surface area contributed by atoms with E-state index >= 15 is 0 Å². The van der Waals surface area contributed by atoms with Crippen LogP contribution in [0.1, 0.15) is 30.8 Å². The first-order valence-corrected chi connectivity index (χ1v) is 6.17. The summed E-state index contributed by atoms with van der Waals surface area (Å²) in [5.74, 6) is 1.54. The Morgan fingerprint density at radius 2 is 2.00 bits per heavy atom. The fourth-order valence-corrected chi connectivity index (χ4v) is 2.43. The molecule has 2 aromatic heterocycles. The summed E-state index contributed by atoms with van der Waals surface area (Å²) >= 11 is 0. The molecule has 0 radical (unpaired) electrons. The van der Waals surface area contributed by atoms with Gasteiger partial charge in [-0.3, -0.25) is 5.10 Å². The Balaban J connectivity index is 2.19. The predicted molar refractivity (Wildman–Crippen MR) is 67.2 cm³/mol. The monoisotopic (exact) mass is 242 g/mol. The van der Waals surface area contributed by atoms with Gasteiger partial charge in [-0.1, -0.05) is 0 Å². The van der Waals surface area contributed by atoms with E-state index in [2.05, 4.69) is 31.1 Å². The number of piperidine rings is 1. The average Bonchev–Trinajstić information content (AvgIpc) is 2.81. The predicted octanol–water partition coefficient (Wildman–Crippen LogP) is 1.52. The Bertz CT molecular complexity index is 617. The van der Waals surface area contributed by atoms with Crippen LogP contribution in [-0.2, 0) is 0 Å². The maximum atomic E-state index is 9.12. The highest BCUT2D eigenvalue weighted by Crippen LogP contribution is 2.27. The van der Waals surface area contributed by atoms with Crippen molar-refractivity contribution in [1.82, 2.24) is 20.2 Å². The highest BCUT2D eigenvalue weighted by atomic mass is 15.2. The van der Waals surface area contributed by atoms with E-state index in [4.69, 9.17) is 5.26 Å². The number of H-pyrrole nitrogens is 1. The molecule has 0 spiro atoms. The van der Waals surface area contributed by atoms with Gasteiger partial charge in [0.05, 0.1) is 5.39 Å². The highest BCUT2D eigenvalue weighted by molar-refractivity contribution is 5.91. The van der Waals surface area contributed by atoms with E-state index < -0.39 is 0 Å². The molecule has 0 atom stereocenters. The smallest absolute Gasteiger partial charge is 0.187 e. The van der Waals surface area contributed by atoms with Crippen LogP contribution in [0.2, 0.25) is 0 Å². The van der Waals surface area contributed by atoms with Gasteiger partial charge in [0.15, 0.2) is 5.65 Å². The number of fused-ring (bicyclic) bond motifs is 1. The van der Waals surface area contributed by atoms with Crippen LogP contribution in [0.5, 0.6) is 0 Å². The lowest BCUT2D eigenvalue weighted by Gasteiger charge is -2.28. The molecular weight excluding hydrogens is 228 g/mol. The maximum Gasteiger partial charge on any atom is 0.187 e. The molecule has 1 N–H and O–H groups in total. The van der Waals surface area contributed by atoms with Gasteiger partial charge >= 0.3 is 0 Å². The summed E-state index contributed by atoms with van der Waals surface area (Å²) in [4.78, 5) is 11.0. The molecular formula is C12H14N6. The number of hydrogen-bond acceptors (Lipinski definition) is 5. The lowest BCUT2D eigenvalue weighted by molar-refractivity contribution is 0.574. The Morgan fingerprint density at radius 1 is 1.22 bits per heavy atom. The molecule has 6 nitrogen and oxygen atoms in total. The zero-order valence-electron chi connectivity index (χ0n) is 10.3. The van der Waals surface area contributed by atoms with Crippen molar-refractivity contribution in [2.24, 2.45) is 0 Å². The van der Waals surface area contributed by atoms with Crippen molar-refractivity contribution >= 4 is 16.9 Å². The number of rotatable bonds is 1. The number of nitrogens with one attached hydrogen (secondary N) is 1. The number of aryl methyl sites for hydroxylation is 1. The van der Waals surface area contributed by atoms with Crippen LogP contribution in [0, 0.1) is 18.3 Å². The first-order valence-electron chi connectivity index (χ1n) is 6.17. The summed E-state index contributed by atoms with van der Waals surface area (Å²) in [6.45, 7) is 3.83. The number of aromatic nitrogens is 4. The third kappa shape index (κ3) is 1.68. The van der Waals surface area contributed by atoms with Crippen LogP contribution < -0.4 is 4.90 Å². The molecule has 3 heterocycles. The second-order valence-corrected chi connectivity index (χ2v) is 4.55. The van der Waals surface area contributed by atoms with Gasteiger partial charge in [0.25, 0.3) is 0 Å². The van der Waals surface area contributed by atoms with Gasteiger partial charge < -0.3 is 4.90 Å². The normalized spacial score (nSPS) is 15.9. The Morgan fingerprint density at radius 3 is 2.72 bits per heavy atom. The van der Waals surface area contributed by atoms with Crippen molar-refractivity contribution in [2.45, 2.75) is 26.2 Å². The minimum Gasteiger partial charge on any atom is -0.356 e. The molecule has 1 aliphatic rings. The second-order valence-electron chi connectivity index (χ2n) is 4.55. The SMILES string of the molecule is Cc1nc(N2CCCCC2)c2c(C#N)[nH]nc2n1. The number of nitriles is 1. The van der Waals surface area contributed by atoms with Gasteiger partial charge in [-0.25, -0.2) is 9.97 Å². The van der Waals surface area contributed by atoms with Gasteiger partial charge in [0, 0.05) is 13.1 Å². The molecule has 2 aromatic rings. The quantitative estimate of drug-likeness (QED) is 0.820. The molecule has 1 saturated heterocycles. The molecule has 0 aromatic carbocycles. The zero-order chi connectivity index (χ0) is 12.5. The maximum absolute atomic E-state index is 9.12. The lowest BCUT2D eigenvalue weighted by atomic mass is 10.1. The van der Waals surface area contributed by atoms with Crippen LogP contribution in [0.4, 0.5) is 5.82 Å². The van der Waals surface area contributed by atoms with E-state index in [1.165, 1.54) is 19.3 Å². The van der Waals surface area contributed by atoms with E-state index in [0.717, 1.165) is 24.3 Å². The largest absolute Gasteiger partial charge is 0.356 e. The molecule has 92 valence electrons. The van der Waals surface area contributed by atoms with Crippen molar-refractivity contribution in [2.75, 3.05) is 18.0 Å². The standard InChI is InChI=1S/C12H14N6/c1-8-14-11-10(9(7-13)16-17-11)12(15-8)18-5-3-2-4-6-18/h2-6H2,1H3,(H,14,15,16,17). The fraction of sp³-hybridized carbons (Fsp3) is 0.500. The summed E-state index contributed by atoms with van der Waals surface area (Å²) in [5, 5.41) is 16.7. The summed E-state index contributed by atoms with van der Waals surface area (Å²) in [5.41, 5.74) is 1.03. The van der Waals surface area contributed by atoms with Gasteiger partial charge in [-0.05, 0) is 26.2 Å². The van der Waals surface area contributed by atoms with E-state index in [1.807, 2.05) is 6.92 Å². The van der Waals surface area contributed by atoms with Crippen LogP contribution in [0.25, 0.3) is 11.0 Å². The third-order valence-corrected chi connectivity index (χ3v) is 3.27. The molecule has 1 aliphatic heterocycles. The van der Waals surface area contributed by atoms with E-state index in [1.54, 1.807) is 0 Å². The summed E-state index contributed by atoms with van der Waals surface area (Å²) in [6, 6.07) is 2.12. The topological polar surface area (TPSA) is 81.5 Å². The first-order chi connectivity index (χ1) is 8.79. The first kappa shape index (κ1) is 11.0. The molecule has 0 aliphatic carbocycles. The van der Waals surface area contributed by atoms with Crippen LogP contribution in [-0.4, -0.2) is 33.3 Å². The lowest BCUT2D eigenvalue weighted by Crippen LogP contribution is -2.30. The molecule has 0 amide bonds. The molecule has 1 fully saturated rings. The average molecular weight is 242 g/mol. The van der Waals surface area contributed by atoms with Gasteiger partial charge in [0.1, 0.15) is 23.4 Å². The molecule has 0 unspecified atom stereocenters. The van der Waals surface area contributed by atoms with E-state index in [9.17, 15) is 0 Å². The Hall–Kier alpha value is -2.16. The van der Waals surface area contributed by atoms with Crippen molar-refractivity contribution in [3.8, 4) is 6.07 Å². The molecule has 6 heteroatoms. The zero-order valence-corrected chi connectivity index (χ0v) is 10.3. The van der Waals surface area contributed by atoms with Crippen molar-refractivity contribution in [3.63, 3.8) is 0 Å². The summed E-state index contributed by atoms with van der Waals surface area (Å²) in [6.07, 6.45) is 3.61. The number of hydrogen-bond donors (Lipinski definition) is 1. The Kier molecular flexibility index (Phi) is 2.59. The van der Waals surface area contributed by atoms with Gasteiger partial charge in [0.2, 0.25) is 0 Å². The Labute approximate surface area is 105 Å². The van der Waals surface area contributed by atoms with Gasteiger partial charge in [-0.2, -0.15) is 10.4 Å². The van der Waals surface area contributed by atoms with Crippen molar-refractivity contribution in [1.29, 1.82) is 5.26 Å². The van der Waals surface area contributed by atoms with Crippen molar-refractivity contribution < 1.29 is 0 Å². The third-order valence-electron chi connectivity index (χ3n) is 3.27. The second kappa shape index (κ2) is 4.26. The van der Waals surface area contributed by atoms with Gasteiger partial charge in [-0.15, -0.1) is 0 Å². The van der Waals surface area contributed by atoms with Crippen LogP contribution >= 0.6 is 0 Å². The highest BCUT2D eigenvalue weighted by Gasteiger charge is 2.20. The molecule has 0 saturated carbocycles.